The number of fused-ring (bicyclic) bond motifs is 3. The van der Waals surface area contributed by atoms with Crippen LogP contribution < -0.4 is 4.73 Å². The number of hydrogen-bond donors (Lipinski definition) is 0. The largest absolute Gasteiger partial charge is 0.618 e. The predicted molar refractivity (Wildman–Crippen MR) is 124 cm³/mol. The van der Waals surface area contributed by atoms with Crippen LogP contribution in [0.25, 0.3) is 21.9 Å². The third-order valence-corrected chi connectivity index (χ3v) is 5.85. The molecule has 0 unspecified atom stereocenters. The van der Waals surface area contributed by atoms with Crippen molar-refractivity contribution in [3.8, 4) is 0 Å². The lowest BCUT2D eigenvalue weighted by Gasteiger charge is -2.10. The van der Waals surface area contributed by atoms with Gasteiger partial charge in [0.2, 0.25) is 11.7 Å². The summed E-state index contributed by atoms with van der Waals surface area (Å²) < 4.78 is 3.22. The molecule has 2 aromatic carbocycles. The third-order valence-electron chi connectivity index (χ3n) is 5.85. The van der Waals surface area contributed by atoms with Gasteiger partial charge in [-0.25, -0.2) is 4.98 Å². The van der Waals surface area contributed by atoms with Gasteiger partial charge in [0.25, 0.3) is 0 Å². The number of aromatic nitrogens is 3. The smallest absolute Gasteiger partial charge is 0.226 e. The number of unbranched alkanes of at least 4 members (excludes halogenated alkanes) is 3. The number of Topliss-reactive ketones (excluding diaryl/α,β-unsaturated/α-hetero) is 1. The lowest BCUT2D eigenvalue weighted by Crippen LogP contribution is -2.26. The summed E-state index contributed by atoms with van der Waals surface area (Å²) in [6.07, 6.45) is 8.11. The van der Waals surface area contributed by atoms with Crippen molar-refractivity contribution in [3.63, 3.8) is 0 Å². The summed E-state index contributed by atoms with van der Waals surface area (Å²) in [6.45, 7) is 3.03. The molecule has 0 aliphatic heterocycles. The lowest BCUT2D eigenvalue weighted by molar-refractivity contribution is -0.575. The molecule has 31 heavy (non-hydrogen) atoms. The quantitative estimate of drug-likeness (QED) is 0.146. The number of hydrogen-bond acceptors (Lipinski definition) is 3. The Hall–Kier alpha value is -3.21. The number of rotatable bonds is 10. The predicted octanol–water partition coefficient (Wildman–Crippen LogP) is 5.61. The Labute approximate surface area is 182 Å². The van der Waals surface area contributed by atoms with Crippen molar-refractivity contribution < 1.29 is 9.52 Å². The normalized spacial score (nSPS) is 11.4. The Bertz CT molecular complexity index is 1180. The molecule has 0 aliphatic rings. The molecule has 0 atom stereocenters. The molecule has 0 bridgehead atoms. The Morgan fingerprint density at radius 1 is 1.00 bits per heavy atom. The molecule has 5 heteroatoms. The van der Waals surface area contributed by atoms with Gasteiger partial charge in [0, 0.05) is 31.0 Å². The molecule has 0 saturated carbocycles. The molecule has 2 aromatic heterocycles. The highest BCUT2D eigenvalue weighted by Crippen LogP contribution is 2.25. The molecular formula is C26H29N3O2. The van der Waals surface area contributed by atoms with Crippen LogP contribution in [-0.4, -0.2) is 15.3 Å². The van der Waals surface area contributed by atoms with E-state index in [9.17, 15) is 10.0 Å². The monoisotopic (exact) mass is 415 g/mol. The zero-order chi connectivity index (χ0) is 21.6. The number of carbonyl (C=O) groups excluding carboxylic acids is 1. The third kappa shape index (κ3) is 4.61. The molecule has 0 N–H and O–H groups in total. The van der Waals surface area contributed by atoms with Crippen LogP contribution in [0.2, 0.25) is 0 Å². The second-order valence-electron chi connectivity index (χ2n) is 8.09. The number of para-hydroxylation sites is 1. The standard InChI is InChI=1S/C26H29N3O2/c1-2-3-17-25-27-22-19-29(31)23-15-10-9-14-21(23)26(22)28(25)18-11-5-8-16-24(30)20-12-6-4-7-13-20/h4,6-7,9-10,12-15,19H,2-3,5,8,11,16-18H2,1H3. The lowest BCUT2D eigenvalue weighted by atomic mass is 10.0. The Morgan fingerprint density at radius 2 is 1.77 bits per heavy atom. The fourth-order valence-electron chi connectivity index (χ4n) is 4.21. The van der Waals surface area contributed by atoms with E-state index in [-0.39, 0.29) is 5.78 Å². The van der Waals surface area contributed by atoms with Gasteiger partial charge in [-0.05, 0) is 25.3 Å². The number of pyridine rings is 1. The zero-order valence-corrected chi connectivity index (χ0v) is 18.1. The average molecular weight is 416 g/mol. The van der Waals surface area contributed by atoms with E-state index in [1.165, 1.54) is 0 Å². The van der Waals surface area contributed by atoms with Crippen LogP contribution in [0.15, 0.2) is 60.8 Å². The number of imidazole rings is 1. The molecule has 0 aliphatic carbocycles. The van der Waals surface area contributed by atoms with Crippen molar-refractivity contribution in [2.75, 3.05) is 0 Å². The first kappa shape index (κ1) is 21.0. The summed E-state index contributed by atoms with van der Waals surface area (Å²) in [5, 5.41) is 13.4. The van der Waals surface area contributed by atoms with Gasteiger partial charge in [0.1, 0.15) is 5.82 Å². The Balaban J connectivity index is 1.50. The van der Waals surface area contributed by atoms with Crippen LogP contribution in [0, 0.1) is 5.21 Å². The number of carbonyl (C=O) groups is 1. The van der Waals surface area contributed by atoms with Crippen molar-refractivity contribution >= 4 is 27.7 Å². The summed E-state index contributed by atoms with van der Waals surface area (Å²) in [5.41, 5.74) is 3.28. The van der Waals surface area contributed by atoms with Gasteiger partial charge in [0.05, 0.1) is 10.9 Å². The number of aryl methyl sites for hydroxylation is 2. The first-order chi connectivity index (χ1) is 15.2. The molecule has 160 valence electrons. The van der Waals surface area contributed by atoms with Crippen LogP contribution in [0.1, 0.15) is 61.6 Å². The van der Waals surface area contributed by atoms with Crippen molar-refractivity contribution in [1.82, 2.24) is 9.55 Å². The fourth-order valence-corrected chi connectivity index (χ4v) is 4.21. The second-order valence-corrected chi connectivity index (χ2v) is 8.09. The maximum atomic E-state index is 12.4. The van der Waals surface area contributed by atoms with E-state index >= 15 is 0 Å². The molecule has 0 fully saturated rings. The molecule has 0 amide bonds. The van der Waals surface area contributed by atoms with Gasteiger partial charge in [-0.2, -0.15) is 4.73 Å². The van der Waals surface area contributed by atoms with E-state index in [1.54, 1.807) is 6.20 Å². The van der Waals surface area contributed by atoms with Crippen LogP contribution in [-0.2, 0) is 13.0 Å². The highest BCUT2D eigenvalue weighted by atomic mass is 16.5. The summed E-state index contributed by atoms with van der Waals surface area (Å²) in [4.78, 5) is 17.1. The van der Waals surface area contributed by atoms with Crippen molar-refractivity contribution in [2.45, 2.75) is 58.4 Å². The first-order valence-electron chi connectivity index (χ1n) is 11.3. The highest BCUT2D eigenvalue weighted by molar-refractivity contribution is 6.00. The first-order valence-corrected chi connectivity index (χ1v) is 11.3. The minimum Gasteiger partial charge on any atom is -0.618 e. The van der Waals surface area contributed by atoms with Crippen LogP contribution in [0.3, 0.4) is 0 Å². The second kappa shape index (κ2) is 9.73. The molecular weight excluding hydrogens is 386 g/mol. The van der Waals surface area contributed by atoms with Gasteiger partial charge in [-0.15, -0.1) is 0 Å². The van der Waals surface area contributed by atoms with Gasteiger partial charge >= 0.3 is 0 Å². The maximum absolute atomic E-state index is 12.4. The SMILES string of the molecule is CCCCc1nc2c[n+]([O-])c3ccccc3c2n1CCCCCC(=O)c1ccccc1. The summed E-state index contributed by atoms with van der Waals surface area (Å²) in [5.74, 6) is 1.26. The maximum Gasteiger partial charge on any atom is 0.226 e. The van der Waals surface area contributed by atoms with Gasteiger partial charge in [-0.3, -0.25) is 4.79 Å². The fraction of sp³-hybridized carbons (Fsp3) is 0.346. The van der Waals surface area contributed by atoms with E-state index in [0.717, 1.165) is 77.6 Å². The van der Waals surface area contributed by atoms with Gasteiger partial charge in [-0.1, -0.05) is 62.2 Å². The van der Waals surface area contributed by atoms with Crippen molar-refractivity contribution in [2.24, 2.45) is 0 Å². The van der Waals surface area contributed by atoms with Crippen LogP contribution in [0.5, 0.6) is 0 Å². The summed E-state index contributed by atoms with van der Waals surface area (Å²) in [6, 6.07) is 17.2. The number of ketones is 1. The van der Waals surface area contributed by atoms with Crippen LogP contribution >= 0.6 is 0 Å². The van der Waals surface area contributed by atoms with Gasteiger partial charge < -0.3 is 9.77 Å². The molecule has 4 aromatic rings. The van der Waals surface area contributed by atoms with Crippen LogP contribution in [0.4, 0.5) is 0 Å². The average Bonchev–Trinajstić information content (AvgIpc) is 3.15. The minimum absolute atomic E-state index is 0.211. The molecule has 0 spiro atoms. The van der Waals surface area contributed by atoms with Crippen molar-refractivity contribution in [3.05, 3.63) is 77.4 Å². The summed E-state index contributed by atoms with van der Waals surface area (Å²) in [7, 11) is 0. The van der Waals surface area contributed by atoms with E-state index < -0.39 is 0 Å². The summed E-state index contributed by atoms with van der Waals surface area (Å²) >= 11 is 0. The van der Waals surface area contributed by atoms with Crippen molar-refractivity contribution in [1.29, 1.82) is 0 Å². The Morgan fingerprint density at radius 3 is 2.58 bits per heavy atom. The minimum atomic E-state index is 0.211. The zero-order valence-electron chi connectivity index (χ0n) is 18.1. The number of nitrogens with zero attached hydrogens (tertiary/aromatic N) is 3. The molecule has 4 rings (SSSR count). The molecule has 2 heterocycles. The van der Waals surface area contributed by atoms with E-state index in [2.05, 4.69) is 11.5 Å². The van der Waals surface area contributed by atoms with E-state index in [0.29, 0.717) is 11.9 Å². The highest BCUT2D eigenvalue weighted by Gasteiger charge is 2.18. The number of benzene rings is 2. The van der Waals surface area contributed by atoms with Gasteiger partial charge in [0.15, 0.2) is 11.3 Å². The Kier molecular flexibility index (Phi) is 6.60. The topological polar surface area (TPSA) is 61.8 Å². The molecule has 5 nitrogen and oxygen atoms in total. The van der Waals surface area contributed by atoms with E-state index in [4.69, 9.17) is 4.98 Å². The molecule has 0 radical (unpaired) electrons. The van der Waals surface area contributed by atoms with E-state index in [1.807, 2.05) is 54.6 Å². The molecule has 0 saturated heterocycles.